The molecule has 1 aliphatic heterocycles. The molecule has 2 N–H and O–H groups in total. The molecule has 0 aromatic rings. The normalized spacial score (nSPS) is 34.9. The van der Waals surface area contributed by atoms with E-state index in [-0.39, 0.29) is 0 Å². The van der Waals surface area contributed by atoms with E-state index in [1.807, 2.05) is 0 Å². The van der Waals surface area contributed by atoms with Gasteiger partial charge in [-0.3, -0.25) is 0 Å². The fraction of sp³-hybridized carbons (Fsp3) is 1.00. The summed E-state index contributed by atoms with van der Waals surface area (Å²) in [6.07, 6.45) is 9.85. The predicted molar refractivity (Wildman–Crippen MR) is 60.2 cm³/mol. The second-order valence-electron chi connectivity index (χ2n) is 4.93. The van der Waals surface area contributed by atoms with Gasteiger partial charge < -0.3 is 10.6 Å². The van der Waals surface area contributed by atoms with E-state index in [0.717, 1.165) is 18.5 Å². The molecule has 14 heavy (non-hydrogen) atoms. The minimum absolute atomic E-state index is 0.884. The van der Waals surface area contributed by atoms with E-state index in [1.165, 1.54) is 58.0 Å². The standard InChI is InChI=1S/C12H24N2/c13-8-7-11-5-1-2-6-12(11)14-9-3-4-10-14/h11-12H,1-10,13H2. The van der Waals surface area contributed by atoms with Crippen LogP contribution in [0, 0.1) is 5.92 Å². The van der Waals surface area contributed by atoms with Crippen molar-refractivity contribution in [1.82, 2.24) is 4.90 Å². The zero-order valence-electron chi connectivity index (χ0n) is 9.25. The molecule has 0 radical (unpaired) electrons. The first-order valence-corrected chi connectivity index (χ1v) is 6.36. The Bertz CT molecular complexity index is 162. The predicted octanol–water partition coefficient (Wildman–Crippen LogP) is 1.99. The maximum absolute atomic E-state index is 5.70. The van der Waals surface area contributed by atoms with Crippen molar-refractivity contribution in [3.8, 4) is 0 Å². The summed E-state index contributed by atoms with van der Waals surface area (Å²) in [7, 11) is 0. The van der Waals surface area contributed by atoms with Crippen LogP contribution in [0.5, 0.6) is 0 Å². The van der Waals surface area contributed by atoms with Crippen molar-refractivity contribution in [2.75, 3.05) is 19.6 Å². The molecule has 0 aromatic carbocycles. The van der Waals surface area contributed by atoms with Crippen LogP contribution in [0.25, 0.3) is 0 Å². The van der Waals surface area contributed by atoms with Crippen LogP contribution in [0.2, 0.25) is 0 Å². The molecule has 2 unspecified atom stereocenters. The number of nitrogens with two attached hydrogens (primary N) is 1. The van der Waals surface area contributed by atoms with Gasteiger partial charge in [0.05, 0.1) is 0 Å². The van der Waals surface area contributed by atoms with Gasteiger partial charge in [-0.1, -0.05) is 12.8 Å². The van der Waals surface area contributed by atoms with Crippen LogP contribution in [0.4, 0.5) is 0 Å². The van der Waals surface area contributed by atoms with Crippen molar-refractivity contribution in [1.29, 1.82) is 0 Å². The molecule has 0 spiro atoms. The largest absolute Gasteiger partial charge is 0.330 e. The molecule has 1 heterocycles. The van der Waals surface area contributed by atoms with Gasteiger partial charge in [-0.05, 0) is 57.7 Å². The number of hydrogen-bond donors (Lipinski definition) is 1. The maximum atomic E-state index is 5.70. The Morgan fingerprint density at radius 1 is 1.00 bits per heavy atom. The smallest absolute Gasteiger partial charge is 0.0124 e. The summed E-state index contributed by atoms with van der Waals surface area (Å²) in [6.45, 7) is 3.59. The van der Waals surface area contributed by atoms with Gasteiger partial charge in [-0.2, -0.15) is 0 Å². The lowest BCUT2D eigenvalue weighted by Crippen LogP contribution is -2.41. The first-order chi connectivity index (χ1) is 6.92. The summed E-state index contributed by atoms with van der Waals surface area (Å²) < 4.78 is 0. The Kier molecular flexibility index (Phi) is 3.82. The average Bonchev–Trinajstić information content (AvgIpc) is 2.72. The number of nitrogens with zero attached hydrogens (tertiary/aromatic N) is 1. The van der Waals surface area contributed by atoms with Crippen LogP contribution >= 0.6 is 0 Å². The summed E-state index contributed by atoms with van der Waals surface area (Å²) in [5.74, 6) is 0.909. The molecule has 2 heteroatoms. The zero-order valence-corrected chi connectivity index (χ0v) is 9.25. The summed E-state index contributed by atoms with van der Waals surface area (Å²) in [4.78, 5) is 2.74. The van der Waals surface area contributed by atoms with E-state index in [4.69, 9.17) is 5.73 Å². The minimum atomic E-state index is 0.884. The average molecular weight is 196 g/mol. The SMILES string of the molecule is NCCC1CCCCC1N1CCCC1. The van der Waals surface area contributed by atoms with E-state index in [9.17, 15) is 0 Å². The second-order valence-corrected chi connectivity index (χ2v) is 4.93. The van der Waals surface area contributed by atoms with Crippen molar-refractivity contribution >= 4 is 0 Å². The maximum Gasteiger partial charge on any atom is 0.0124 e. The molecule has 2 nitrogen and oxygen atoms in total. The summed E-state index contributed by atoms with van der Waals surface area (Å²) >= 11 is 0. The molecule has 1 saturated heterocycles. The second kappa shape index (κ2) is 5.13. The molecule has 1 aliphatic carbocycles. The van der Waals surface area contributed by atoms with Crippen molar-refractivity contribution in [3.05, 3.63) is 0 Å². The Morgan fingerprint density at radius 2 is 1.71 bits per heavy atom. The Hall–Kier alpha value is -0.0800. The fourth-order valence-corrected chi connectivity index (χ4v) is 3.29. The van der Waals surface area contributed by atoms with E-state index < -0.39 is 0 Å². The van der Waals surface area contributed by atoms with E-state index in [1.54, 1.807) is 0 Å². The van der Waals surface area contributed by atoms with Gasteiger partial charge in [0, 0.05) is 6.04 Å². The van der Waals surface area contributed by atoms with Crippen molar-refractivity contribution in [2.45, 2.75) is 51.0 Å². The van der Waals surface area contributed by atoms with E-state index in [2.05, 4.69) is 4.90 Å². The van der Waals surface area contributed by atoms with Crippen LogP contribution < -0.4 is 5.73 Å². The topological polar surface area (TPSA) is 29.3 Å². The quantitative estimate of drug-likeness (QED) is 0.748. The highest BCUT2D eigenvalue weighted by molar-refractivity contribution is 4.85. The molecule has 2 rings (SSSR count). The molecule has 0 bridgehead atoms. The lowest BCUT2D eigenvalue weighted by Gasteiger charge is -2.38. The van der Waals surface area contributed by atoms with Gasteiger partial charge >= 0.3 is 0 Å². The molecule has 2 aliphatic rings. The first kappa shape index (κ1) is 10.4. The molecule has 82 valence electrons. The Morgan fingerprint density at radius 3 is 2.43 bits per heavy atom. The van der Waals surface area contributed by atoms with Crippen molar-refractivity contribution in [3.63, 3.8) is 0 Å². The van der Waals surface area contributed by atoms with Gasteiger partial charge in [0.2, 0.25) is 0 Å². The van der Waals surface area contributed by atoms with E-state index >= 15 is 0 Å². The van der Waals surface area contributed by atoms with Crippen molar-refractivity contribution < 1.29 is 0 Å². The number of rotatable bonds is 3. The van der Waals surface area contributed by atoms with Crippen LogP contribution in [-0.2, 0) is 0 Å². The third-order valence-corrected chi connectivity index (χ3v) is 4.02. The van der Waals surface area contributed by atoms with Crippen LogP contribution in [0.15, 0.2) is 0 Å². The molecule has 0 aromatic heterocycles. The molecule has 0 amide bonds. The highest BCUT2D eigenvalue weighted by Gasteiger charge is 2.30. The van der Waals surface area contributed by atoms with Gasteiger partial charge in [0.25, 0.3) is 0 Å². The monoisotopic (exact) mass is 196 g/mol. The van der Waals surface area contributed by atoms with Gasteiger partial charge in [-0.25, -0.2) is 0 Å². The Labute approximate surface area is 87.8 Å². The highest BCUT2D eigenvalue weighted by atomic mass is 15.2. The van der Waals surface area contributed by atoms with Crippen LogP contribution in [0.1, 0.15) is 44.9 Å². The third kappa shape index (κ3) is 2.29. The Balaban J connectivity index is 1.91. The number of likely N-dealkylation sites (tertiary alicyclic amines) is 1. The van der Waals surface area contributed by atoms with Gasteiger partial charge in [0.15, 0.2) is 0 Å². The molecular weight excluding hydrogens is 172 g/mol. The molecule has 2 fully saturated rings. The summed E-state index contributed by atoms with van der Waals surface area (Å²) in [5.41, 5.74) is 5.70. The van der Waals surface area contributed by atoms with Crippen LogP contribution in [0.3, 0.4) is 0 Å². The number of hydrogen-bond acceptors (Lipinski definition) is 2. The molecule has 2 atom stereocenters. The molecular formula is C12H24N2. The fourth-order valence-electron chi connectivity index (χ4n) is 3.29. The van der Waals surface area contributed by atoms with Gasteiger partial charge in [-0.15, -0.1) is 0 Å². The molecule has 1 saturated carbocycles. The first-order valence-electron chi connectivity index (χ1n) is 6.36. The van der Waals surface area contributed by atoms with Crippen LogP contribution in [-0.4, -0.2) is 30.6 Å². The van der Waals surface area contributed by atoms with E-state index in [0.29, 0.717) is 0 Å². The minimum Gasteiger partial charge on any atom is -0.330 e. The van der Waals surface area contributed by atoms with Gasteiger partial charge in [0.1, 0.15) is 0 Å². The van der Waals surface area contributed by atoms with Crippen molar-refractivity contribution in [2.24, 2.45) is 11.7 Å². The highest BCUT2D eigenvalue weighted by Crippen LogP contribution is 2.32. The summed E-state index contributed by atoms with van der Waals surface area (Å²) in [6, 6.07) is 0.884. The lowest BCUT2D eigenvalue weighted by atomic mass is 9.81. The third-order valence-electron chi connectivity index (χ3n) is 4.02. The summed E-state index contributed by atoms with van der Waals surface area (Å²) in [5, 5.41) is 0. The lowest BCUT2D eigenvalue weighted by molar-refractivity contribution is 0.124. The zero-order chi connectivity index (χ0) is 9.80.